The molecule has 3 fully saturated rings. The van der Waals surface area contributed by atoms with Crippen LogP contribution in [0, 0.1) is 29.6 Å². The summed E-state index contributed by atoms with van der Waals surface area (Å²) in [5, 5.41) is 19.8. The highest BCUT2D eigenvalue weighted by molar-refractivity contribution is 6.72. The van der Waals surface area contributed by atoms with Crippen molar-refractivity contribution in [1.29, 1.82) is 0 Å². The molecule has 21 nitrogen and oxygen atoms in total. The lowest BCUT2D eigenvalue weighted by Crippen LogP contribution is -2.62. The maximum absolute atomic E-state index is 15.1. The Morgan fingerprint density at radius 3 is 2.07 bits per heavy atom. The number of nitrogens with one attached hydrogen (secondary N) is 3. The molecule has 1 unspecified atom stereocenters. The molecule has 3 aliphatic rings. The molecule has 1 aromatic rings. The Labute approximate surface area is 488 Å². The number of rotatable bonds is 18. The lowest BCUT2D eigenvalue weighted by Gasteiger charge is -2.38. The Morgan fingerprint density at radius 1 is 0.890 bits per heavy atom. The molecule has 0 saturated carbocycles. The number of aliphatic hydroxyl groups is 1. The molecule has 5 N–H and O–H groups in total. The average Bonchev–Trinajstić information content (AvgIpc) is 4.29. The smallest absolute Gasteiger partial charge is 0.329 e. The highest BCUT2D eigenvalue weighted by atomic mass is 28.4. The zero-order chi connectivity index (χ0) is 61.9. The summed E-state index contributed by atoms with van der Waals surface area (Å²) in [5.74, 6) is -7.58. The van der Waals surface area contributed by atoms with Crippen LogP contribution >= 0.6 is 0 Å². The molecule has 462 valence electrons. The first kappa shape index (κ1) is 68.9. The van der Waals surface area contributed by atoms with Crippen LogP contribution in [0.2, 0.25) is 18.1 Å². The molecule has 0 radical (unpaired) electrons. The van der Waals surface area contributed by atoms with E-state index in [0.717, 1.165) is 0 Å². The Balaban J connectivity index is 1.84. The van der Waals surface area contributed by atoms with Crippen molar-refractivity contribution in [3.8, 4) is 5.75 Å². The number of carbonyl (C=O) groups excluding carboxylic acids is 9. The lowest BCUT2D eigenvalue weighted by molar-refractivity contribution is -0.162. The van der Waals surface area contributed by atoms with Crippen LogP contribution in [0.4, 0.5) is 0 Å². The number of cyclic esters (lactones) is 2. The third-order valence-electron chi connectivity index (χ3n) is 17.2. The first-order chi connectivity index (χ1) is 38.1. The van der Waals surface area contributed by atoms with E-state index in [1.54, 1.807) is 56.9 Å². The fraction of sp³-hybridized carbons (Fsp3) is 0.750. The minimum atomic E-state index is -2.68. The summed E-state index contributed by atoms with van der Waals surface area (Å²) in [4.78, 5) is 148. The third-order valence-corrected chi connectivity index (χ3v) is 20.7. The predicted octanol–water partition coefficient (Wildman–Crippen LogP) is 4.73. The van der Waals surface area contributed by atoms with E-state index in [1.165, 1.54) is 42.8 Å². The zero-order valence-corrected chi connectivity index (χ0v) is 53.0. The highest BCUT2D eigenvalue weighted by Crippen LogP contribution is 2.42. The van der Waals surface area contributed by atoms with Crippen molar-refractivity contribution < 1.29 is 67.3 Å². The standard InChI is InChI=1S/C60H99N7O14Si/c1-18-37(8)49-47(68)32-48(69)81-51(36(6)7)54(72)61-42(29-34(2)3)56(74)67-28-20-22-44(67)58(76)65(14)46(31-40-23-25-41(79-15)26-24-40)59(77)80-39(10)50(53(71)62-49)63-52(70)45(30-35(4)5)64(13)57(75)43-21-19-27-66(43)55(73)38(9)33-60(11,12)82(16,17)78/h23-26,34-39,42-47,49-51,68,78H,18-22,27-33H2,1-17H3,(H,61,72)(H,62,71)(H,63,70)/t37-,38+,39+,42-,43?,44-,45+,46-,47-,49+,50-,51-/m0/s1. The number of likely N-dealkylation sites (N-methyl/N-ethyl adjacent to an activating group) is 2. The molecule has 4 rings (SSSR count). The number of aliphatic hydroxyl groups excluding tert-OH is 1. The van der Waals surface area contributed by atoms with Gasteiger partial charge in [0, 0.05) is 39.5 Å². The molecule has 12 atom stereocenters. The summed E-state index contributed by atoms with van der Waals surface area (Å²) in [7, 11) is 1.73. The van der Waals surface area contributed by atoms with E-state index in [9.17, 15) is 38.7 Å². The summed E-state index contributed by atoms with van der Waals surface area (Å²) < 4.78 is 17.4. The van der Waals surface area contributed by atoms with Gasteiger partial charge in [0.2, 0.25) is 35.4 Å². The maximum Gasteiger partial charge on any atom is 0.329 e. The lowest BCUT2D eigenvalue weighted by atomic mass is 9.92. The van der Waals surface area contributed by atoms with Crippen molar-refractivity contribution in [3.05, 3.63) is 29.8 Å². The molecule has 0 aliphatic carbocycles. The number of hydrogen-bond acceptors (Lipinski definition) is 14. The number of carbonyl (C=O) groups is 9. The Kier molecular flexibility index (Phi) is 25.0. The molecule has 3 heterocycles. The second kappa shape index (κ2) is 29.8. The molecular weight excluding hydrogens is 1070 g/mol. The maximum atomic E-state index is 15.1. The number of nitrogens with zero attached hydrogens (tertiary/aromatic N) is 4. The molecule has 22 heteroatoms. The normalized spacial score (nSPS) is 26.3. The number of ether oxygens (including phenoxy) is 3. The Bertz CT molecular complexity index is 2400. The number of likely N-dealkylation sites (tertiary alicyclic amines) is 1. The zero-order valence-electron chi connectivity index (χ0n) is 52.0. The summed E-state index contributed by atoms with van der Waals surface area (Å²) in [5.41, 5.74) is 0.602. The fourth-order valence-corrected chi connectivity index (χ4v) is 12.0. The van der Waals surface area contributed by atoms with E-state index < -0.39 is 146 Å². The summed E-state index contributed by atoms with van der Waals surface area (Å²) in [6, 6.07) is -1.72. The minimum Gasteiger partial charge on any atom is -0.497 e. The van der Waals surface area contributed by atoms with E-state index in [4.69, 9.17) is 14.2 Å². The van der Waals surface area contributed by atoms with Crippen LogP contribution in [0.1, 0.15) is 146 Å². The van der Waals surface area contributed by atoms with Gasteiger partial charge in [-0.3, -0.25) is 38.4 Å². The second-order valence-electron chi connectivity index (χ2n) is 25.7. The molecule has 0 aromatic heterocycles. The van der Waals surface area contributed by atoms with Crippen LogP contribution < -0.4 is 20.7 Å². The molecule has 1 aromatic carbocycles. The van der Waals surface area contributed by atoms with Crippen molar-refractivity contribution in [2.24, 2.45) is 29.6 Å². The topological polar surface area (TPSA) is 271 Å². The van der Waals surface area contributed by atoms with Crippen molar-refractivity contribution in [1.82, 2.24) is 35.6 Å². The molecule has 82 heavy (non-hydrogen) atoms. The van der Waals surface area contributed by atoms with Gasteiger partial charge in [-0.1, -0.05) is 94.7 Å². The van der Waals surface area contributed by atoms with E-state index in [-0.39, 0.29) is 50.0 Å². The number of methoxy groups -OCH3 is 1. The quantitative estimate of drug-likeness (QED) is 0.0983. The number of amides is 7. The summed E-state index contributed by atoms with van der Waals surface area (Å²) in [6.07, 6.45) is -2.64. The summed E-state index contributed by atoms with van der Waals surface area (Å²) >= 11 is 0. The SMILES string of the molecule is CC[C@H](C)[C@H]1NC(=O)[C@@H](NC(=O)[C@@H](CC(C)C)N(C)C(=O)C2CCCN2C(=O)[C@H](C)CC(C)(C)[Si](C)(C)O)[C@@H](C)OC(=O)[C@H](Cc2ccc(OC)cc2)N(C)C(=O)[C@@H]2CCCN2C(=O)[C@H](CC(C)C)NC(=O)[C@H](C(C)C)OC(=O)C[C@@H]1O. The minimum absolute atomic E-state index is 0.0949. The molecule has 7 amide bonds. The third kappa shape index (κ3) is 17.7. The molecule has 3 saturated heterocycles. The van der Waals surface area contributed by atoms with Gasteiger partial charge in [0.1, 0.15) is 48.1 Å². The van der Waals surface area contributed by atoms with Gasteiger partial charge in [-0.25, -0.2) is 4.79 Å². The molecular formula is C60H99N7O14Si. The Morgan fingerprint density at radius 2 is 1.51 bits per heavy atom. The van der Waals surface area contributed by atoms with E-state index in [1.807, 2.05) is 61.6 Å². The summed E-state index contributed by atoms with van der Waals surface area (Å²) in [6.45, 7) is 25.6. The average molecular weight is 1170 g/mol. The van der Waals surface area contributed by atoms with E-state index >= 15 is 14.4 Å². The highest BCUT2D eigenvalue weighted by Gasteiger charge is 2.47. The van der Waals surface area contributed by atoms with Crippen LogP contribution in [0.15, 0.2) is 24.3 Å². The van der Waals surface area contributed by atoms with Crippen molar-refractivity contribution >= 4 is 61.6 Å². The first-order valence-electron chi connectivity index (χ1n) is 29.6. The Hall–Kier alpha value is -5.61. The van der Waals surface area contributed by atoms with Crippen LogP contribution in [0.25, 0.3) is 0 Å². The van der Waals surface area contributed by atoms with Gasteiger partial charge >= 0.3 is 11.9 Å². The van der Waals surface area contributed by atoms with Gasteiger partial charge in [0.15, 0.2) is 14.4 Å². The number of hydrogen-bond donors (Lipinski definition) is 5. The van der Waals surface area contributed by atoms with Crippen LogP contribution in [0.3, 0.4) is 0 Å². The number of fused-ring (bicyclic) bond motifs is 1. The second-order valence-corrected chi connectivity index (χ2v) is 30.2. The molecule has 3 aliphatic heterocycles. The van der Waals surface area contributed by atoms with Crippen molar-refractivity contribution in [2.45, 2.75) is 226 Å². The van der Waals surface area contributed by atoms with Crippen LogP contribution in [0.5, 0.6) is 5.75 Å². The van der Waals surface area contributed by atoms with Gasteiger partial charge in [-0.2, -0.15) is 0 Å². The molecule has 0 spiro atoms. The monoisotopic (exact) mass is 1170 g/mol. The predicted molar refractivity (Wildman–Crippen MR) is 312 cm³/mol. The van der Waals surface area contributed by atoms with E-state index in [0.29, 0.717) is 50.0 Å². The van der Waals surface area contributed by atoms with Crippen LogP contribution in [-0.4, -0.2) is 186 Å². The molecule has 0 bridgehead atoms. The van der Waals surface area contributed by atoms with Gasteiger partial charge in [-0.05, 0) is 111 Å². The van der Waals surface area contributed by atoms with Gasteiger partial charge in [0.25, 0.3) is 5.91 Å². The fourth-order valence-electron chi connectivity index (χ4n) is 11.2. The largest absolute Gasteiger partial charge is 0.497 e. The number of benzene rings is 1. The van der Waals surface area contributed by atoms with Gasteiger partial charge < -0.3 is 59.7 Å². The van der Waals surface area contributed by atoms with Gasteiger partial charge in [-0.15, -0.1) is 0 Å². The van der Waals surface area contributed by atoms with Crippen molar-refractivity contribution in [2.75, 3.05) is 34.3 Å². The van der Waals surface area contributed by atoms with Crippen LogP contribution in [-0.2, 0) is 59.0 Å². The number of esters is 2. The van der Waals surface area contributed by atoms with Gasteiger partial charge in [0.05, 0.1) is 25.7 Å². The first-order valence-corrected chi connectivity index (χ1v) is 32.6. The van der Waals surface area contributed by atoms with E-state index in [2.05, 4.69) is 16.0 Å². The van der Waals surface area contributed by atoms with Crippen molar-refractivity contribution in [3.63, 3.8) is 0 Å².